The molecule has 0 spiro atoms. The number of benzene rings is 2. The minimum Gasteiger partial charge on any atom is -0.478 e. The monoisotopic (exact) mass is 628 g/mol. The number of hydrogen-bond acceptors (Lipinski definition) is 3. The number of nitrogens with zero attached hydrogens (tertiary/aromatic N) is 1. The van der Waals surface area contributed by atoms with Gasteiger partial charge in [-0.2, -0.15) is 0 Å². The van der Waals surface area contributed by atoms with Gasteiger partial charge in [0.2, 0.25) is 0 Å². The Balaban J connectivity index is 0.000000454. The molecule has 2 aromatic carbocycles. The number of hydrogen-bond donors (Lipinski definition) is 2. The lowest BCUT2D eigenvalue weighted by Crippen LogP contribution is -2.50. The van der Waals surface area contributed by atoms with Crippen molar-refractivity contribution < 1.29 is 24.3 Å². The molecule has 44 heavy (non-hydrogen) atoms. The number of carbonyl (C=O) groups is 2. The molecule has 2 N–H and O–H groups in total. The molecule has 0 fully saturated rings. The largest absolute Gasteiger partial charge is 0.478 e. The van der Waals surface area contributed by atoms with E-state index in [9.17, 15) is 9.59 Å². The van der Waals surface area contributed by atoms with E-state index in [0.717, 1.165) is 11.8 Å². The Kier molecular flexibility index (Phi) is 22.5. The van der Waals surface area contributed by atoms with Crippen molar-refractivity contribution in [1.29, 1.82) is 0 Å². The molecule has 5 nitrogen and oxygen atoms in total. The quantitative estimate of drug-likeness (QED) is 0.0893. The van der Waals surface area contributed by atoms with E-state index in [2.05, 4.69) is 27.7 Å². The van der Waals surface area contributed by atoms with Crippen molar-refractivity contribution in [3.63, 3.8) is 0 Å². The summed E-state index contributed by atoms with van der Waals surface area (Å²) < 4.78 is 1.46. The summed E-state index contributed by atoms with van der Waals surface area (Å²) >= 11 is 1.14. The molecule has 0 aliphatic heterocycles. The molecule has 0 saturated heterocycles. The number of carboxylic acid groups (broad SMARTS) is 2. The maximum absolute atomic E-state index is 11.1. The van der Waals surface area contributed by atoms with Crippen molar-refractivity contribution >= 4 is 23.7 Å². The average molecular weight is 629 g/mol. The SMILES string of the molecule is CCCCCC[N+](CCCCCC)(CCCCCC)CCCCCC.O=C(O)c1ccccc1Sc1ccccc1C(=O)O. The molecule has 0 radical (unpaired) electrons. The lowest BCUT2D eigenvalue weighted by Gasteiger charge is -2.39. The van der Waals surface area contributed by atoms with Crippen LogP contribution in [0.3, 0.4) is 0 Å². The van der Waals surface area contributed by atoms with Crippen LogP contribution in [0.25, 0.3) is 0 Å². The molecule has 2 rings (SSSR count). The summed E-state index contributed by atoms with van der Waals surface area (Å²) in [7, 11) is 0. The van der Waals surface area contributed by atoms with E-state index in [4.69, 9.17) is 10.2 Å². The zero-order chi connectivity index (χ0) is 32.5. The van der Waals surface area contributed by atoms with E-state index in [0.29, 0.717) is 9.79 Å². The molecular formula is C38H62NO4S+. The summed E-state index contributed by atoms with van der Waals surface area (Å²) in [5.41, 5.74) is 0.320. The van der Waals surface area contributed by atoms with Crippen molar-refractivity contribution in [3.8, 4) is 0 Å². The fourth-order valence-electron chi connectivity index (χ4n) is 5.75. The molecule has 0 bridgehead atoms. The summed E-state index contributed by atoms with van der Waals surface area (Å²) in [5.74, 6) is -2.06. The Morgan fingerprint density at radius 3 is 1.07 bits per heavy atom. The molecule has 248 valence electrons. The average Bonchev–Trinajstić information content (AvgIpc) is 3.02. The first-order valence-corrected chi connectivity index (χ1v) is 18.3. The van der Waals surface area contributed by atoms with Gasteiger partial charge in [0, 0.05) is 9.79 Å². The smallest absolute Gasteiger partial charge is 0.336 e. The predicted molar refractivity (Wildman–Crippen MR) is 187 cm³/mol. The Labute approximate surface area is 273 Å². The molecule has 0 aliphatic carbocycles. The van der Waals surface area contributed by atoms with Gasteiger partial charge in [-0.3, -0.25) is 0 Å². The third-order valence-corrected chi connectivity index (χ3v) is 9.55. The van der Waals surface area contributed by atoms with Crippen LogP contribution >= 0.6 is 11.8 Å². The lowest BCUT2D eigenvalue weighted by molar-refractivity contribution is -0.929. The van der Waals surface area contributed by atoms with Gasteiger partial charge in [-0.1, -0.05) is 115 Å². The molecule has 0 aromatic heterocycles. The normalized spacial score (nSPS) is 11.2. The second-order valence-corrected chi connectivity index (χ2v) is 13.3. The van der Waals surface area contributed by atoms with Crippen molar-refractivity contribution in [2.45, 2.75) is 140 Å². The zero-order valence-corrected chi connectivity index (χ0v) is 29.1. The number of unbranched alkanes of at least 4 members (excludes halogenated alkanes) is 12. The van der Waals surface area contributed by atoms with Gasteiger partial charge in [0.05, 0.1) is 37.3 Å². The number of aromatic carboxylic acids is 2. The Bertz CT molecular complexity index is 932. The standard InChI is InChI=1S/C24H52N.C14H10O4S/c1-5-9-13-17-21-25(22-18-14-10-6-2,23-19-15-11-7-3)24-20-16-12-8-4;15-13(16)9-5-1-3-7-11(9)19-12-8-4-2-6-10(12)14(17)18/h5-24H2,1-4H3;1-8H,(H,15,16)(H,17,18)/q+1;. The van der Waals surface area contributed by atoms with Crippen LogP contribution in [-0.2, 0) is 0 Å². The Morgan fingerprint density at radius 2 is 0.795 bits per heavy atom. The van der Waals surface area contributed by atoms with Gasteiger partial charge < -0.3 is 14.7 Å². The molecule has 0 heterocycles. The molecule has 0 amide bonds. The summed E-state index contributed by atoms with van der Waals surface area (Å²) in [6, 6.07) is 13.0. The maximum atomic E-state index is 11.1. The first-order valence-electron chi connectivity index (χ1n) is 17.5. The van der Waals surface area contributed by atoms with Crippen molar-refractivity contribution in [1.82, 2.24) is 0 Å². The van der Waals surface area contributed by atoms with E-state index < -0.39 is 11.9 Å². The van der Waals surface area contributed by atoms with Crippen LogP contribution in [0.4, 0.5) is 0 Å². The first-order chi connectivity index (χ1) is 21.3. The molecule has 2 aromatic rings. The third-order valence-electron chi connectivity index (χ3n) is 8.40. The van der Waals surface area contributed by atoms with Gasteiger partial charge in [0.1, 0.15) is 0 Å². The summed E-state index contributed by atoms with van der Waals surface area (Å²) in [5, 5.41) is 18.2. The maximum Gasteiger partial charge on any atom is 0.336 e. The van der Waals surface area contributed by atoms with Crippen LogP contribution in [-0.4, -0.2) is 52.8 Å². The van der Waals surface area contributed by atoms with Crippen LogP contribution in [0.5, 0.6) is 0 Å². The van der Waals surface area contributed by atoms with Gasteiger partial charge in [-0.05, 0) is 75.6 Å². The Morgan fingerprint density at radius 1 is 0.500 bits per heavy atom. The zero-order valence-electron chi connectivity index (χ0n) is 28.3. The topological polar surface area (TPSA) is 74.6 Å². The van der Waals surface area contributed by atoms with Crippen molar-refractivity contribution in [2.75, 3.05) is 26.2 Å². The molecule has 6 heteroatoms. The lowest BCUT2D eigenvalue weighted by atomic mass is 10.1. The molecule has 0 aliphatic rings. The molecule has 0 unspecified atom stereocenters. The van der Waals surface area contributed by atoms with E-state index >= 15 is 0 Å². The number of quaternary nitrogens is 1. The highest BCUT2D eigenvalue weighted by molar-refractivity contribution is 7.99. The van der Waals surface area contributed by atoms with Crippen LogP contribution < -0.4 is 0 Å². The van der Waals surface area contributed by atoms with Crippen LogP contribution in [0, 0.1) is 0 Å². The summed E-state index contributed by atoms with van der Waals surface area (Å²) in [6.45, 7) is 15.2. The second kappa shape index (κ2) is 24.9. The highest BCUT2D eigenvalue weighted by Gasteiger charge is 2.25. The van der Waals surface area contributed by atoms with Gasteiger partial charge in [-0.15, -0.1) is 0 Å². The molecule has 0 atom stereocenters. The van der Waals surface area contributed by atoms with E-state index in [1.54, 1.807) is 36.4 Å². The summed E-state index contributed by atoms with van der Waals surface area (Å²) in [6.07, 6.45) is 22.8. The van der Waals surface area contributed by atoms with Gasteiger partial charge in [-0.25, -0.2) is 9.59 Å². The van der Waals surface area contributed by atoms with Gasteiger partial charge in [0.15, 0.2) is 0 Å². The molecular weight excluding hydrogens is 566 g/mol. The highest BCUT2D eigenvalue weighted by atomic mass is 32.2. The second-order valence-electron chi connectivity index (χ2n) is 12.2. The third kappa shape index (κ3) is 16.7. The van der Waals surface area contributed by atoms with Crippen LogP contribution in [0.15, 0.2) is 58.3 Å². The fraction of sp³-hybridized carbons (Fsp3) is 0.632. The molecule has 0 saturated carbocycles. The minimum atomic E-state index is -1.03. The van der Waals surface area contributed by atoms with Crippen molar-refractivity contribution in [2.24, 2.45) is 0 Å². The predicted octanol–water partition coefficient (Wildman–Crippen LogP) is 11.4. The number of rotatable bonds is 24. The van der Waals surface area contributed by atoms with Crippen LogP contribution in [0.1, 0.15) is 151 Å². The number of carboxylic acids is 2. The van der Waals surface area contributed by atoms with E-state index in [1.165, 1.54) is 146 Å². The first kappa shape index (κ1) is 39.7. The highest BCUT2D eigenvalue weighted by Crippen LogP contribution is 2.32. The van der Waals surface area contributed by atoms with E-state index in [1.807, 2.05) is 0 Å². The van der Waals surface area contributed by atoms with Crippen LogP contribution in [0.2, 0.25) is 0 Å². The van der Waals surface area contributed by atoms with Gasteiger partial charge >= 0.3 is 11.9 Å². The van der Waals surface area contributed by atoms with E-state index in [-0.39, 0.29) is 11.1 Å². The fourth-order valence-corrected chi connectivity index (χ4v) is 6.81. The van der Waals surface area contributed by atoms with Crippen molar-refractivity contribution in [3.05, 3.63) is 59.7 Å². The summed E-state index contributed by atoms with van der Waals surface area (Å²) in [4.78, 5) is 23.2. The van der Waals surface area contributed by atoms with Gasteiger partial charge in [0.25, 0.3) is 0 Å². The minimum absolute atomic E-state index is 0.160. The Hall–Kier alpha value is -2.31.